The summed E-state index contributed by atoms with van der Waals surface area (Å²) in [5.41, 5.74) is 2.51. The van der Waals surface area contributed by atoms with Gasteiger partial charge in [0, 0.05) is 62.4 Å². The highest BCUT2D eigenvalue weighted by molar-refractivity contribution is 5.95. The third kappa shape index (κ3) is 6.02. The first kappa shape index (κ1) is 20.8. The zero-order valence-corrected chi connectivity index (χ0v) is 17.1. The summed E-state index contributed by atoms with van der Waals surface area (Å²) in [5.74, 6) is -0.0949. The molecule has 1 aliphatic heterocycles. The molecule has 0 bridgehead atoms. The molecule has 2 aromatic rings. The third-order valence-electron chi connectivity index (χ3n) is 5.20. The van der Waals surface area contributed by atoms with Crippen LogP contribution in [0.1, 0.15) is 36.2 Å². The minimum Gasteiger partial charge on any atom is -0.350 e. The van der Waals surface area contributed by atoms with Crippen LogP contribution in [0.15, 0.2) is 48.8 Å². The second-order valence-electron chi connectivity index (χ2n) is 7.41. The Hall–Kier alpha value is -2.93. The highest BCUT2D eigenvalue weighted by atomic mass is 16.2. The van der Waals surface area contributed by atoms with E-state index in [1.54, 1.807) is 36.7 Å². The number of benzene rings is 1. The van der Waals surface area contributed by atoms with E-state index >= 15 is 0 Å². The molecule has 7 heteroatoms. The molecular formula is C22H29N5O2. The minimum absolute atomic E-state index is 0.0949. The molecule has 2 heterocycles. The van der Waals surface area contributed by atoms with E-state index in [-0.39, 0.29) is 18.0 Å². The van der Waals surface area contributed by atoms with Crippen LogP contribution in [0.2, 0.25) is 0 Å². The summed E-state index contributed by atoms with van der Waals surface area (Å²) in [7, 11) is 0. The number of carbonyl (C=O) groups excluding carboxylic acids is 2. The standard InChI is InChI=1S/C22H29N5O2/c1-3-17(2)24-21(28)19-4-6-20(7-5-19)25-22(29)27-14-12-26(13-15-27)16-18-8-10-23-11-9-18/h4-11,17H,3,12-16H2,1-2H3,(H,24,28)(H,25,29). The van der Waals surface area contributed by atoms with Crippen molar-refractivity contribution in [3.05, 3.63) is 59.9 Å². The van der Waals surface area contributed by atoms with Crippen LogP contribution in [0.5, 0.6) is 0 Å². The molecule has 0 spiro atoms. The lowest BCUT2D eigenvalue weighted by Gasteiger charge is -2.34. The Balaban J connectivity index is 1.46. The molecule has 1 aromatic heterocycles. The van der Waals surface area contributed by atoms with E-state index in [2.05, 4.69) is 20.5 Å². The van der Waals surface area contributed by atoms with Gasteiger partial charge in [-0.1, -0.05) is 6.92 Å². The Morgan fingerprint density at radius 1 is 1.03 bits per heavy atom. The van der Waals surface area contributed by atoms with Gasteiger partial charge in [0.2, 0.25) is 0 Å². The Bertz CT molecular complexity index is 802. The largest absolute Gasteiger partial charge is 0.350 e. The van der Waals surface area contributed by atoms with Crippen molar-refractivity contribution in [2.45, 2.75) is 32.9 Å². The van der Waals surface area contributed by atoms with Crippen LogP contribution < -0.4 is 10.6 Å². The number of amides is 3. The van der Waals surface area contributed by atoms with Crippen molar-refractivity contribution < 1.29 is 9.59 Å². The molecule has 3 rings (SSSR count). The highest BCUT2D eigenvalue weighted by Crippen LogP contribution is 2.13. The van der Waals surface area contributed by atoms with Gasteiger partial charge in [0.1, 0.15) is 0 Å². The summed E-state index contributed by atoms with van der Waals surface area (Å²) < 4.78 is 0. The molecule has 1 fully saturated rings. The summed E-state index contributed by atoms with van der Waals surface area (Å²) in [6.45, 7) is 7.93. The maximum Gasteiger partial charge on any atom is 0.321 e. The summed E-state index contributed by atoms with van der Waals surface area (Å²) in [5, 5.41) is 5.86. The molecule has 1 saturated heterocycles. The van der Waals surface area contributed by atoms with Gasteiger partial charge in [0.25, 0.3) is 5.91 Å². The molecule has 1 unspecified atom stereocenters. The van der Waals surface area contributed by atoms with Crippen molar-refractivity contribution in [1.82, 2.24) is 20.1 Å². The van der Waals surface area contributed by atoms with Crippen molar-refractivity contribution in [2.24, 2.45) is 0 Å². The van der Waals surface area contributed by atoms with Gasteiger partial charge in [-0.25, -0.2) is 4.79 Å². The van der Waals surface area contributed by atoms with Crippen LogP contribution in [-0.2, 0) is 6.54 Å². The summed E-state index contributed by atoms with van der Waals surface area (Å²) in [6, 6.07) is 11.1. The lowest BCUT2D eigenvalue weighted by molar-refractivity contribution is 0.0939. The number of hydrogen-bond acceptors (Lipinski definition) is 4. The number of aromatic nitrogens is 1. The van der Waals surface area contributed by atoms with E-state index in [4.69, 9.17) is 0 Å². The van der Waals surface area contributed by atoms with Crippen molar-refractivity contribution in [3.8, 4) is 0 Å². The van der Waals surface area contributed by atoms with E-state index in [9.17, 15) is 9.59 Å². The quantitative estimate of drug-likeness (QED) is 0.788. The predicted octanol–water partition coefficient (Wildman–Crippen LogP) is 2.96. The zero-order valence-electron chi connectivity index (χ0n) is 17.1. The van der Waals surface area contributed by atoms with Crippen molar-refractivity contribution in [3.63, 3.8) is 0 Å². The SMILES string of the molecule is CCC(C)NC(=O)c1ccc(NC(=O)N2CCN(Cc3ccncc3)CC2)cc1. The van der Waals surface area contributed by atoms with E-state index < -0.39 is 0 Å². The molecule has 29 heavy (non-hydrogen) atoms. The Morgan fingerprint density at radius 2 is 1.69 bits per heavy atom. The Morgan fingerprint density at radius 3 is 2.31 bits per heavy atom. The van der Waals surface area contributed by atoms with Crippen LogP contribution in [0, 0.1) is 0 Å². The third-order valence-corrected chi connectivity index (χ3v) is 5.20. The van der Waals surface area contributed by atoms with Gasteiger partial charge in [-0.05, 0) is 55.3 Å². The number of carbonyl (C=O) groups is 2. The van der Waals surface area contributed by atoms with Crippen LogP contribution in [0.3, 0.4) is 0 Å². The highest BCUT2D eigenvalue weighted by Gasteiger charge is 2.21. The van der Waals surface area contributed by atoms with Crippen LogP contribution in [0.25, 0.3) is 0 Å². The summed E-state index contributed by atoms with van der Waals surface area (Å²) in [4.78, 5) is 32.9. The summed E-state index contributed by atoms with van der Waals surface area (Å²) in [6.07, 6.45) is 4.49. The number of nitrogens with one attached hydrogen (secondary N) is 2. The lowest BCUT2D eigenvalue weighted by atomic mass is 10.1. The normalized spacial score (nSPS) is 15.6. The fourth-order valence-electron chi connectivity index (χ4n) is 3.17. The van der Waals surface area contributed by atoms with Crippen LogP contribution in [-0.4, -0.2) is 58.9 Å². The number of urea groups is 1. The number of hydrogen-bond donors (Lipinski definition) is 2. The average Bonchev–Trinajstić information content (AvgIpc) is 2.75. The first-order chi connectivity index (χ1) is 14.0. The number of pyridine rings is 1. The van der Waals surface area contributed by atoms with Crippen LogP contribution >= 0.6 is 0 Å². The monoisotopic (exact) mass is 395 g/mol. The molecule has 0 radical (unpaired) electrons. The zero-order chi connectivity index (χ0) is 20.6. The smallest absolute Gasteiger partial charge is 0.321 e. The van der Waals surface area contributed by atoms with Crippen LogP contribution in [0.4, 0.5) is 10.5 Å². The second-order valence-corrected chi connectivity index (χ2v) is 7.41. The first-order valence-electron chi connectivity index (χ1n) is 10.1. The maximum atomic E-state index is 12.5. The van der Waals surface area contributed by atoms with Crippen molar-refractivity contribution >= 4 is 17.6 Å². The Kier molecular flexibility index (Phi) is 7.19. The second kappa shape index (κ2) is 10.0. The molecule has 154 valence electrons. The number of piperazine rings is 1. The molecule has 3 amide bonds. The van der Waals surface area contributed by atoms with Gasteiger partial charge >= 0.3 is 6.03 Å². The van der Waals surface area contributed by atoms with E-state index in [1.165, 1.54) is 5.56 Å². The van der Waals surface area contributed by atoms with E-state index in [0.29, 0.717) is 24.3 Å². The Labute approximate surface area is 172 Å². The molecule has 0 aliphatic carbocycles. The molecule has 1 aromatic carbocycles. The van der Waals surface area contributed by atoms with Crippen molar-refractivity contribution in [1.29, 1.82) is 0 Å². The van der Waals surface area contributed by atoms with Gasteiger partial charge in [-0.2, -0.15) is 0 Å². The first-order valence-corrected chi connectivity index (χ1v) is 10.1. The molecule has 7 nitrogen and oxygen atoms in total. The molecule has 0 saturated carbocycles. The molecular weight excluding hydrogens is 366 g/mol. The lowest BCUT2D eigenvalue weighted by Crippen LogP contribution is -2.49. The van der Waals surface area contributed by atoms with Crippen molar-refractivity contribution in [2.75, 3.05) is 31.5 Å². The fourth-order valence-corrected chi connectivity index (χ4v) is 3.17. The maximum absolute atomic E-state index is 12.5. The van der Waals surface area contributed by atoms with Gasteiger partial charge < -0.3 is 15.5 Å². The van der Waals surface area contributed by atoms with Gasteiger partial charge in [0.05, 0.1) is 0 Å². The number of rotatable bonds is 6. The van der Waals surface area contributed by atoms with Gasteiger partial charge in [-0.15, -0.1) is 0 Å². The summed E-state index contributed by atoms with van der Waals surface area (Å²) >= 11 is 0. The average molecular weight is 396 g/mol. The minimum atomic E-state index is -0.106. The fraction of sp³-hybridized carbons (Fsp3) is 0.409. The van der Waals surface area contributed by atoms with E-state index in [0.717, 1.165) is 26.1 Å². The van der Waals surface area contributed by atoms with Gasteiger partial charge in [-0.3, -0.25) is 14.7 Å². The topological polar surface area (TPSA) is 77.6 Å². The molecule has 1 aliphatic rings. The predicted molar refractivity (Wildman–Crippen MR) is 114 cm³/mol. The van der Waals surface area contributed by atoms with Gasteiger partial charge in [0.15, 0.2) is 0 Å². The number of anilines is 1. The number of nitrogens with zero attached hydrogens (tertiary/aromatic N) is 3. The van der Waals surface area contributed by atoms with E-state index in [1.807, 2.05) is 30.9 Å². The molecule has 1 atom stereocenters. The molecule has 2 N–H and O–H groups in total.